The van der Waals surface area contributed by atoms with E-state index in [1.165, 1.54) is 6.42 Å². The van der Waals surface area contributed by atoms with Gasteiger partial charge in [-0.25, -0.2) is 4.98 Å². The van der Waals surface area contributed by atoms with Crippen LogP contribution in [0.2, 0.25) is 0 Å². The normalized spacial score (nSPS) is 28.1. The minimum Gasteiger partial charge on any atom is -0.348 e. The van der Waals surface area contributed by atoms with Crippen LogP contribution in [0.5, 0.6) is 0 Å². The van der Waals surface area contributed by atoms with Crippen molar-refractivity contribution in [1.29, 1.82) is 0 Å². The predicted molar refractivity (Wildman–Crippen MR) is 69.9 cm³/mol. The highest BCUT2D eigenvalue weighted by molar-refractivity contribution is 7.13. The van der Waals surface area contributed by atoms with Gasteiger partial charge >= 0.3 is 0 Å². The first kappa shape index (κ1) is 11.9. The maximum Gasteiger partial charge on any atom is 0.185 e. The quantitative estimate of drug-likeness (QED) is 0.862. The monoisotopic (exact) mass is 239 g/mol. The van der Waals surface area contributed by atoms with Crippen LogP contribution < -0.4 is 10.6 Å². The van der Waals surface area contributed by atoms with E-state index in [9.17, 15) is 0 Å². The summed E-state index contributed by atoms with van der Waals surface area (Å²) < 4.78 is 0. The molecule has 0 aliphatic carbocycles. The van der Waals surface area contributed by atoms with E-state index in [1.807, 2.05) is 6.92 Å². The Bertz CT molecular complexity index is 338. The van der Waals surface area contributed by atoms with Gasteiger partial charge in [0.25, 0.3) is 0 Å². The summed E-state index contributed by atoms with van der Waals surface area (Å²) in [6, 6.07) is 0.0460. The number of rotatable bonds is 2. The molecule has 2 heterocycles. The summed E-state index contributed by atoms with van der Waals surface area (Å²) in [6.45, 7) is 8.90. The van der Waals surface area contributed by atoms with Gasteiger partial charge in [-0.3, -0.25) is 0 Å². The number of piperidine rings is 1. The number of nitrogens with zero attached hydrogens (tertiary/aromatic N) is 2. The molecule has 0 saturated carbocycles. The molecule has 1 aliphatic rings. The largest absolute Gasteiger partial charge is 0.348 e. The SMILES string of the molecule is CC1CC(C)CN(c2nc(C(C)N)cs2)C1. The average molecular weight is 239 g/mol. The Morgan fingerprint density at radius 3 is 2.56 bits per heavy atom. The lowest BCUT2D eigenvalue weighted by Crippen LogP contribution is -2.38. The van der Waals surface area contributed by atoms with Gasteiger partial charge in [0.15, 0.2) is 5.13 Å². The minimum absolute atomic E-state index is 0.0460. The van der Waals surface area contributed by atoms with Crippen LogP contribution in [0.25, 0.3) is 0 Å². The number of anilines is 1. The van der Waals surface area contributed by atoms with Crippen molar-refractivity contribution in [3.63, 3.8) is 0 Å². The van der Waals surface area contributed by atoms with E-state index in [-0.39, 0.29) is 6.04 Å². The number of thiazole rings is 1. The van der Waals surface area contributed by atoms with E-state index in [2.05, 4.69) is 29.1 Å². The van der Waals surface area contributed by atoms with Crippen LogP contribution in [0.15, 0.2) is 5.38 Å². The molecular formula is C12H21N3S. The smallest absolute Gasteiger partial charge is 0.185 e. The summed E-state index contributed by atoms with van der Waals surface area (Å²) in [5.41, 5.74) is 6.86. The van der Waals surface area contributed by atoms with Crippen molar-refractivity contribution in [3.05, 3.63) is 11.1 Å². The van der Waals surface area contributed by atoms with Crippen LogP contribution in [0.3, 0.4) is 0 Å². The molecule has 3 atom stereocenters. The van der Waals surface area contributed by atoms with Gasteiger partial charge < -0.3 is 10.6 Å². The highest BCUT2D eigenvalue weighted by atomic mass is 32.1. The maximum absolute atomic E-state index is 5.84. The van der Waals surface area contributed by atoms with Gasteiger partial charge in [0, 0.05) is 24.5 Å². The first-order valence-corrected chi connectivity index (χ1v) is 6.90. The molecule has 1 aliphatic heterocycles. The molecule has 3 nitrogen and oxygen atoms in total. The van der Waals surface area contributed by atoms with Crippen LogP contribution in [-0.2, 0) is 0 Å². The third kappa shape index (κ3) is 2.55. The fourth-order valence-corrected chi connectivity index (χ4v) is 3.40. The Balaban J connectivity index is 2.10. The van der Waals surface area contributed by atoms with Crippen LogP contribution >= 0.6 is 11.3 Å². The number of hydrogen-bond acceptors (Lipinski definition) is 4. The first-order chi connectivity index (χ1) is 7.56. The lowest BCUT2D eigenvalue weighted by Gasteiger charge is -2.34. The van der Waals surface area contributed by atoms with Gasteiger partial charge in [-0.2, -0.15) is 0 Å². The Morgan fingerprint density at radius 2 is 2.06 bits per heavy atom. The third-order valence-corrected chi connectivity index (χ3v) is 4.04. The van der Waals surface area contributed by atoms with Crippen molar-refractivity contribution in [2.24, 2.45) is 17.6 Å². The van der Waals surface area contributed by atoms with Gasteiger partial charge in [-0.15, -0.1) is 11.3 Å². The molecule has 1 fully saturated rings. The summed E-state index contributed by atoms with van der Waals surface area (Å²) in [5.74, 6) is 1.54. The van der Waals surface area contributed by atoms with E-state index in [1.54, 1.807) is 11.3 Å². The Hall–Kier alpha value is -0.610. The molecule has 0 amide bonds. The lowest BCUT2D eigenvalue weighted by atomic mass is 9.92. The summed E-state index contributed by atoms with van der Waals surface area (Å²) in [4.78, 5) is 7.03. The summed E-state index contributed by atoms with van der Waals surface area (Å²) in [7, 11) is 0. The van der Waals surface area contributed by atoms with E-state index < -0.39 is 0 Å². The predicted octanol–water partition coefficient (Wildman–Crippen LogP) is 2.65. The van der Waals surface area contributed by atoms with Crippen molar-refractivity contribution in [2.45, 2.75) is 33.2 Å². The van der Waals surface area contributed by atoms with Gasteiger partial charge in [-0.1, -0.05) is 13.8 Å². The zero-order valence-electron chi connectivity index (χ0n) is 10.3. The standard InChI is InChI=1S/C12H21N3S/c1-8-4-9(2)6-15(5-8)12-14-11(7-16-12)10(3)13/h7-10H,4-6,13H2,1-3H3. The molecule has 16 heavy (non-hydrogen) atoms. The third-order valence-electron chi connectivity index (χ3n) is 3.12. The number of aromatic nitrogens is 1. The summed E-state index contributed by atoms with van der Waals surface area (Å²) in [6.07, 6.45) is 1.34. The van der Waals surface area contributed by atoms with Gasteiger partial charge in [0.1, 0.15) is 0 Å². The van der Waals surface area contributed by atoms with Crippen molar-refractivity contribution in [2.75, 3.05) is 18.0 Å². The highest BCUT2D eigenvalue weighted by Gasteiger charge is 2.23. The van der Waals surface area contributed by atoms with E-state index in [4.69, 9.17) is 5.73 Å². The van der Waals surface area contributed by atoms with Crippen molar-refractivity contribution in [1.82, 2.24) is 4.98 Å². The molecule has 3 unspecified atom stereocenters. The summed E-state index contributed by atoms with van der Waals surface area (Å²) in [5, 5.41) is 3.23. The van der Waals surface area contributed by atoms with Crippen molar-refractivity contribution >= 4 is 16.5 Å². The number of hydrogen-bond donors (Lipinski definition) is 1. The van der Waals surface area contributed by atoms with E-state index >= 15 is 0 Å². The zero-order valence-corrected chi connectivity index (χ0v) is 11.1. The van der Waals surface area contributed by atoms with E-state index in [0.29, 0.717) is 0 Å². The molecule has 0 radical (unpaired) electrons. The maximum atomic E-state index is 5.84. The van der Waals surface area contributed by atoms with Gasteiger partial charge in [0.05, 0.1) is 5.69 Å². The van der Waals surface area contributed by atoms with Gasteiger partial charge in [-0.05, 0) is 25.2 Å². The average Bonchev–Trinajstić information content (AvgIpc) is 2.64. The summed E-state index contributed by atoms with van der Waals surface area (Å²) >= 11 is 1.72. The van der Waals surface area contributed by atoms with Crippen LogP contribution in [0, 0.1) is 11.8 Å². The second-order valence-electron chi connectivity index (χ2n) is 5.19. The molecule has 2 N–H and O–H groups in total. The zero-order chi connectivity index (χ0) is 11.7. The van der Waals surface area contributed by atoms with Crippen LogP contribution in [-0.4, -0.2) is 18.1 Å². The second-order valence-corrected chi connectivity index (χ2v) is 6.03. The van der Waals surface area contributed by atoms with E-state index in [0.717, 1.165) is 35.8 Å². The molecule has 90 valence electrons. The first-order valence-electron chi connectivity index (χ1n) is 6.02. The lowest BCUT2D eigenvalue weighted by molar-refractivity contribution is 0.356. The molecular weight excluding hydrogens is 218 g/mol. The molecule has 0 bridgehead atoms. The number of nitrogens with two attached hydrogens (primary N) is 1. The Kier molecular flexibility index (Phi) is 3.50. The highest BCUT2D eigenvalue weighted by Crippen LogP contribution is 2.29. The topological polar surface area (TPSA) is 42.2 Å². The Labute approximate surface area is 102 Å². The van der Waals surface area contributed by atoms with Gasteiger partial charge in [0.2, 0.25) is 0 Å². The fraction of sp³-hybridized carbons (Fsp3) is 0.750. The molecule has 4 heteroatoms. The minimum atomic E-state index is 0.0460. The molecule has 1 saturated heterocycles. The van der Waals surface area contributed by atoms with Crippen LogP contribution in [0.1, 0.15) is 38.9 Å². The molecule has 1 aromatic heterocycles. The molecule has 0 aromatic carbocycles. The fourth-order valence-electron chi connectivity index (χ4n) is 2.45. The molecule has 0 spiro atoms. The van der Waals surface area contributed by atoms with Crippen molar-refractivity contribution < 1.29 is 0 Å². The Morgan fingerprint density at radius 1 is 1.44 bits per heavy atom. The molecule has 2 rings (SSSR count). The van der Waals surface area contributed by atoms with Crippen LogP contribution in [0.4, 0.5) is 5.13 Å². The molecule has 1 aromatic rings. The van der Waals surface area contributed by atoms with Crippen molar-refractivity contribution in [3.8, 4) is 0 Å². The second kappa shape index (κ2) is 4.72.